The maximum Gasteiger partial charge on any atom is 0.142 e. The first kappa shape index (κ1) is 24.0. The number of rotatable bonds is 6. The first-order valence-electron chi connectivity index (χ1n) is 13.2. The van der Waals surface area contributed by atoms with Crippen LogP contribution in [0.4, 0.5) is 17.1 Å². The molecule has 4 heteroatoms. The van der Waals surface area contributed by atoms with E-state index in [1.807, 2.05) is 0 Å². The van der Waals surface area contributed by atoms with Gasteiger partial charge in [-0.05, 0) is 70.3 Å². The minimum Gasteiger partial charge on any atom is -0.310 e. The molecule has 0 atom stereocenters. The predicted octanol–water partition coefficient (Wildman–Crippen LogP) is 10.2. The van der Waals surface area contributed by atoms with E-state index in [1.54, 1.807) is 23.7 Å². The van der Waals surface area contributed by atoms with Crippen LogP contribution in [0.15, 0.2) is 152 Å². The van der Waals surface area contributed by atoms with Crippen molar-refractivity contribution in [3.05, 3.63) is 152 Å². The fourth-order valence-corrected chi connectivity index (χ4v) is 5.98. The zero-order chi connectivity index (χ0) is 26.7. The third-order valence-corrected chi connectivity index (χ3v) is 8.10. The zero-order valence-corrected chi connectivity index (χ0v) is 22.5. The fraction of sp³-hybridized carbons (Fsp3) is 0. The molecule has 40 heavy (non-hydrogen) atoms. The molecule has 3 nitrogen and oxygen atoms in total. The van der Waals surface area contributed by atoms with E-state index in [-0.39, 0.29) is 0 Å². The van der Waals surface area contributed by atoms with E-state index in [0.717, 1.165) is 37.8 Å². The average molecular weight is 532 g/mol. The van der Waals surface area contributed by atoms with Crippen LogP contribution >= 0.6 is 11.3 Å². The number of fused-ring (bicyclic) bond motifs is 1. The highest BCUT2D eigenvalue weighted by Gasteiger charge is 2.15. The third-order valence-electron chi connectivity index (χ3n) is 7.02. The lowest BCUT2D eigenvalue weighted by atomic mass is 10.0. The fourth-order valence-electron chi connectivity index (χ4n) is 5.03. The number of hydrogen-bond donors (Lipinski definition) is 0. The van der Waals surface area contributed by atoms with E-state index >= 15 is 0 Å². The van der Waals surface area contributed by atoms with Crippen molar-refractivity contribution in [1.29, 1.82) is 0 Å². The van der Waals surface area contributed by atoms with Gasteiger partial charge in [0.2, 0.25) is 0 Å². The lowest BCUT2D eigenvalue weighted by Gasteiger charge is -2.26. The standard InChI is InChI=1S/C36H25N3S/c1-3-8-26(9-4-1)28-14-18-31(19-15-28)39(32-20-16-29(17-21-32)27-10-5-2-6-11-27)33-13-7-12-30(24-33)35-25-34-36(40-35)38-23-22-37-34/h1-25H. The number of anilines is 3. The Bertz CT molecular complexity index is 1760. The summed E-state index contributed by atoms with van der Waals surface area (Å²) in [7, 11) is 0. The Kier molecular flexibility index (Phi) is 6.36. The second-order valence-corrected chi connectivity index (χ2v) is 10.6. The van der Waals surface area contributed by atoms with Gasteiger partial charge in [-0.3, -0.25) is 4.98 Å². The molecule has 190 valence electrons. The summed E-state index contributed by atoms with van der Waals surface area (Å²) in [5.41, 5.74) is 10.2. The summed E-state index contributed by atoms with van der Waals surface area (Å²) >= 11 is 1.67. The van der Waals surface area contributed by atoms with Gasteiger partial charge in [0.1, 0.15) is 10.3 Å². The smallest absolute Gasteiger partial charge is 0.142 e. The van der Waals surface area contributed by atoms with E-state index in [2.05, 4.69) is 154 Å². The third kappa shape index (κ3) is 4.77. The average Bonchev–Trinajstić information content (AvgIpc) is 3.48. The van der Waals surface area contributed by atoms with Crippen LogP contribution in [0.25, 0.3) is 43.0 Å². The molecule has 2 aromatic heterocycles. The maximum atomic E-state index is 4.49. The number of benzene rings is 5. The second kappa shape index (κ2) is 10.6. The molecule has 0 bridgehead atoms. The van der Waals surface area contributed by atoms with Crippen LogP contribution in [0.5, 0.6) is 0 Å². The van der Waals surface area contributed by atoms with Crippen LogP contribution in [0.2, 0.25) is 0 Å². The Morgan fingerprint density at radius 3 is 1.52 bits per heavy atom. The van der Waals surface area contributed by atoms with E-state index < -0.39 is 0 Å². The Labute approximate surface area is 237 Å². The minimum absolute atomic E-state index is 0.928. The van der Waals surface area contributed by atoms with Crippen molar-refractivity contribution in [3.8, 4) is 32.7 Å². The van der Waals surface area contributed by atoms with Crippen molar-refractivity contribution in [2.75, 3.05) is 4.90 Å². The summed E-state index contributed by atoms with van der Waals surface area (Å²) in [4.78, 5) is 13.4. The van der Waals surface area contributed by atoms with Crippen LogP contribution in [0, 0.1) is 0 Å². The van der Waals surface area contributed by atoms with Gasteiger partial charge >= 0.3 is 0 Å². The summed E-state index contributed by atoms with van der Waals surface area (Å²) < 4.78 is 0. The summed E-state index contributed by atoms with van der Waals surface area (Å²) in [6.07, 6.45) is 3.49. The molecule has 2 heterocycles. The Morgan fingerprint density at radius 2 is 0.950 bits per heavy atom. The Morgan fingerprint density at radius 1 is 0.425 bits per heavy atom. The predicted molar refractivity (Wildman–Crippen MR) is 168 cm³/mol. The number of thiophene rings is 1. The monoisotopic (exact) mass is 531 g/mol. The molecule has 7 aromatic rings. The van der Waals surface area contributed by atoms with Gasteiger partial charge in [-0.25, -0.2) is 4.98 Å². The largest absolute Gasteiger partial charge is 0.310 e. The SMILES string of the molecule is c1ccc(-c2ccc(N(c3ccc(-c4ccccc4)cc3)c3cccc(-c4cc5nccnc5s4)c3)cc2)cc1. The summed E-state index contributed by atoms with van der Waals surface area (Å²) in [5.74, 6) is 0. The first-order chi connectivity index (χ1) is 19.8. The minimum atomic E-state index is 0.928. The molecule has 0 fully saturated rings. The molecule has 0 spiro atoms. The lowest BCUT2D eigenvalue weighted by Crippen LogP contribution is -2.10. The highest BCUT2D eigenvalue weighted by molar-refractivity contribution is 7.21. The van der Waals surface area contributed by atoms with Gasteiger partial charge in [0.15, 0.2) is 0 Å². The van der Waals surface area contributed by atoms with E-state index in [4.69, 9.17) is 0 Å². The number of aromatic nitrogens is 2. The van der Waals surface area contributed by atoms with Crippen molar-refractivity contribution in [3.63, 3.8) is 0 Å². The highest BCUT2D eigenvalue weighted by Crippen LogP contribution is 2.39. The zero-order valence-electron chi connectivity index (χ0n) is 21.7. The molecule has 7 rings (SSSR count). The number of nitrogens with zero attached hydrogens (tertiary/aromatic N) is 3. The highest BCUT2D eigenvalue weighted by atomic mass is 32.1. The van der Waals surface area contributed by atoms with E-state index in [1.165, 1.54) is 22.3 Å². The molecular formula is C36H25N3S. The van der Waals surface area contributed by atoms with Crippen LogP contribution in [-0.2, 0) is 0 Å². The van der Waals surface area contributed by atoms with Crippen molar-refractivity contribution in [2.24, 2.45) is 0 Å². The van der Waals surface area contributed by atoms with Gasteiger partial charge in [-0.1, -0.05) is 97.1 Å². The molecule has 0 radical (unpaired) electrons. The van der Waals surface area contributed by atoms with Crippen molar-refractivity contribution in [1.82, 2.24) is 9.97 Å². The van der Waals surface area contributed by atoms with Crippen LogP contribution in [0.3, 0.4) is 0 Å². The Hall–Kier alpha value is -5.06. The topological polar surface area (TPSA) is 29.0 Å². The molecule has 0 aliphatic rings. The van der Waals surface area contributed by atoms with Crippen molar-refractivity contribution in [2.45, 2.75) is 0 Å². The van der Waals surface area contributed by atoms with Crippen LogP contribution in [-0.4, -0.2) is 9.97 Å². The lowest BCUT2D eigenvalue weighted by molar-refractivity contribution is 1.28. The van der Waals surface area contributed by atoms with Gasteiger partial charge < -0.3 is 4.90 Å². The maximum absolute atomic E-state index is 4.49. The Balaban J connectivity index is 1.31. The van der Waals surface area contributed by atoms with Crippen LogP contribution in [0.1, 0.15) is 0 Å². The van der Waals surface area contributed by atoms with Gasteiger partial charge in [0.25, 0.3) is 0 Å². The van der Waals surface area contributed by atoms with Gasteiger partial charge in [-0.15, -0.1) is 11.3 Å². The van der Waals surface area contributed by atoms with Gasteiger partial charge in [-0.2, -0.15) is 0 Å². The molecular weight excluding hydrogens is 506 g/mol. The summed E-state index contributed by atoms with van der Waals surface area (Å²) in [5, 5.41) is 0. The van der Waals surface area contributed by atoms with E-state index in [0.29, 0.717) is 0 Å². The van der Waals surface area contributed by atoms with Crippen molar-refractivity contribution >= 4 is 38.7 Å². The summed E-state index contributed by atoms with van der Waals surface area (Å²) in [6, 6.07) is 49.4. The van der Waals surface area contributed by atoms with Gasteiger partial charge in [0, 0.05) is 34.3 Å². The molecule has 0 amide bonds. The second-order valence-electron chi connectivity index (χ2n) is 9.57. The van der Waals surface area contributed by atoms with Crippen molar-refractivity contribution < 1.29 is 0 Å². The molecule has 0 saturated heterocycles. The van der Waals surface area contributed by atoms with Gasteiger partial charge in [0.05, 0.1) is 0 Å². The molecule has 0 saturated carbocycles. The van der Waals surface area contributed by atoms with E-state index in [9.17, 15) is 0 Å². The van der Waals surface area contributed by atoms with Crippen LogP contribution < -0.4 is 4.90 Å². The molecule has 0 aliphatic heterocycles. The molecule has 0 unspecified atom stereocenters. The summed E-state index contributed by atoms with van der Waals surface area (Å²) in [6.45, 7) is 0. The first-order valence-corrected chi connectivity index (χ1v) is 14.1. The molecule has 0 aliphatic carbocycles. The number of hydrogen-bond acceptors (Lipinski definition) is 4. The molecule has 5 aromatic carbocycles. The molecule has 0 N–H and O–H groups in total. The quantitative estimate of drug-likeness (QED) is 0.214. The normalized spacial score (nSPS) is 11.0.